The van der Waals surface area contributed by atoms with Crippen LogP contribution in [-0.4, -0.2) is 69.3 Å². The van der Waals surface area contributed by atoms with E-state index in [2.05, 4.69) is 4.90 Å². The van der Waals surface area contributed by atoms with Crippen LogP contribution in [0.25, 0.3) is 0 Å². The van der Waals surface area contributed by atoms with Crippen molar-refractivity contribution in [3.63, 3.8) is 0 Å². The van der Waals surface area contributed by atoms with Gasteiger partial charge in [-0.15, -0.1) is 0 Å². The first kappa shape index (κ1) is 22.7. The molecular formula is C21H30N2O6. The van der Waals surface area contributed by atoms with E-state index >= 15 is 0 Å². The highest BCUT2D eigenvalue weighted by atomic mass is 16.6. The number of ether oxygens (including phenoxy) is 1. The molecule has 29 heavy (non-hydrogen) atoms. The molecule has 8 nitrogen and oxygen atoms in total. The molecule has 1 fully saturated rings. The zero-order chi connectivity index (χ0) is 22.0. The monoisotopic (exact) mass is 406 g/mol. The molecule has 1 aromatic rings. The second-order valence-corrected chi connectivity index (χ2v) is 8.69. The highest BCUT2D eigenvalue weighted by Crippen LogP contribution is 2.26. The lowest BCUT2D eigenvalue weighted by Crippen LogP contribution is -2.54. The van der Waals surface area contributed by atoms with E-state index in [-0.39, 0.29) is 17.7 Å². The molecule has 1 aromatic carbocycles. The second-order valence-electron chi connectivity index (χ2n) is 8.69. The maximum absolute atomic E-state index is 12.3. The van der Waals surface area contributed by atoms with Gasteiger partial charge in [-0.1, -0.05) is 24.3 Å². The zero-order valence-corrected chi connectivity index (χ0v) is 17.6. The zero-order valence-electron chi connectivity index (χ0n) is 17.6. The van der Waals surface area contributed by atoms with Crippen LogP contribution >= 0.6 is 0 Å². The van der Waals surface area contributed by atoms with Gasteiger partial charge in [0.15, 0.2) is 5.41 Å². The number of carboxylic acid groups (broad SMARTS) is 2. The van der Waals surface area contributed by atoms with Crippen LogP contribution in [0.2, 0.25) is 0 Å². The van der Waals surface area contributed by atoms with Crippen molar-refractivity contribution < 1.29 is 29.3 Å². The Kier molecular flexibility index (Phi) is 6.57. The molecule has 160 valence electrons. The first-order chi connectivity index (χ1) is 13.3. The fourth-order valence-corrected chi connectivity index (χ4v) is 3.31. The van der Waals surface area contributed by atoms with Crippen molar-refractivity contribution in [2.24, 2.45) is 0 Å². The second kappa shape index (κ2) is 8.41. The molecule has 2 rings (SSSR count). The third kappa shape index (κ3) is 5.26. The van der Waals surface area contributed by atoms with E-state index in [4.69, 9.17) is 4.74 Å². The SMILES string of the molecule is C[C@H]1CN(Cc2ccc(C(C)(C(=O)O)C(=O)O)cc2)CCN1C(=O)OC(C)(C)C. The summed E-state index contributed by atoms with van der Waals surface area (Å²) in [4.78, 5) is 39.1. The van der Waals surface area contributed by atoms with Gasteiger partial charge in [0.2, 0.25) is 0 Å². The molecule has 1 saturated heterocycles. The number of nitrogens with zero attached hydrogens (tertiary/aromatic N) is 2. The quantitative estimate of drug-likeness (QED) is 0.724. The van der Waals surface area contributed by atoms with Crippen molar-refractivity contribution >= 4 is 18.0 Å². The summed E-state index contributed by atoms with van der Waals surface area (Å²) >= 11 is 0. The van der Waals surface area contributed by atoms with Crippen molar-refractivity contribution in [3.05, 3.63) is 35.4 Å². The van der Waals surface area contributed by atoms with E-state index in [9.17, 15) is 24.6 Å². The van der Waals surface area contributed by atoms with E-state index in [0.29, 0.717) is 26.2 Å². The lowest BCUT2D eigenvalue weighted by molar-refractivity contribution is -0.156. The molecule has 1 aliphatic rings. The molecule has 0 aliphatic carbocycles. The minimum Gasteiger partial charge on any atom is -0.480 e. The molecule has 0 unspecified atom stereocenters. The maximum Gasteiger partial charge on any atom is 0.410 e. The number of amides is 1. The minimum atomic E-state index is -1.98. The Hall–Kier alpha value is -2.61. The summed E-state index contributed by atoms with van der Waals surface area (Å²) in [5, 5.41) is 18.6. The van der Waals surface area contributed by atoms with E-state index in [0.717, 1.165) is 5.56 Å². The fourth-order valence-electron chi connectivity index (χ4n) is 3.31. The largest absolute Gasteiger partial charge is 0.480 e. The molecule has 1 heterocycles. The molecule has 8 heteroatoms. The molecule has 2 N–H and O–H groups in total. The summed E-state index contributed by atoms with van der Waals surface area (Å²) in [7, 11) is 0. The summed E-state index contributed by atoms with van der Waals surface area (Å²) in [6.07, 6.45) is -0.310. The van der Waals surface area contributed by atoms with Gasteiger partial charge in [-0.05, 0) is 45.7 Å². The highest BCUT2D eigenvalue weighted by molar-refractivity contribution is 6.04. The van der Waals surface area contributed by atoms with Crippen molar-refractivity contribution in [1.29, 1.82) is 0 Å². The van der Waals surface area contributed by atoms with Crippen LogP contribution in [0.5, 0.6) is 0 Å². The number of aliphatic carboxylic acids is 2. The normalized spacial score (nSPS) is 18.4. The topological polar surface area (TPSA) is 107 Å². The molecular weight excluding hydrogens is 376 g/mol. The Balaban J connectivity index is 2.01. The van der Waals surface area contributed by atoms with Gasteiger partial charge in [0, 0.05) is 32.2 Å². The van der Waals surface area contributed by atoms with Gasteiger partial charge in [-0.2, -0.15) is 0 Å². The lowest BCUT2D eigenvalue weighted by atomic mass is 9.82. The number of carboxylic acids is 2. The smallest absolute Gasteiger partial charge is 0.410 e. The van der Waals surface area contributed by atoms with Gasteiger partial charge < -0.3 is 19.8 Å². The van der Waals surface area contributed by atoms with Crippen LogP contribution in [0.3, 0.4) is 0 Å². The third-order valence-corrected chi connectivity index (χ3v) is 5.13. The van der Waals surface area contributed by atoms with Gasteiger partial charge in [0.1, 0.15) is 5.60 Å². The van der Waals surface area contributed by atoms with Crippen LogP contribution in [-0.2, 0) is 26.3 Å². The number of hydrogen-bond acceptors (Lipinski definition) is 5. The lowest BCUT2D eigenvalue weighted by Gasteiger charge is -2.40. The Bertz CT molecular complexity index is 754. The summed E-state index contributed by atoms with van der Waals surface area (Å²) in [5.41, 5.74) is -1.34. The molecule has 0 spiro atoms. The fraction of sp³-hybridized carbons (Fsp3) is 0.571. The van der Waals surface area contributed by atoms with Gasteiger partial charge in [0.05, 0.1) is 0 Å². The molecule has 1 amide bonds. The average molecular weight is 406 g/mol. The summed E-state index contributed by atoms with van der Waals surface area (Å²) in [6.45, 7) is 11.2. The molecule has 0 radical (unpaired) electrons. The van der Waals surface area contributed by atoms with Crippen molar-refractivity contribution in [3.8, 4) is 0 Å². The van der Waals surface area contributed by atoms with Crippen molar-refractivity contribution in [2.75, 3.05) is 19.6 Å². The summed E-state index contributed by atoms with van der Waals surface area (Å²) in [5.74, 6) is -2.80. The highest BCUT2D eigenvalue weighted by Gasteiger charge is 2.43. The number of rotatable bonds is 5. The van der Waals surface area contributed by atoms with Crippen LogP contribution in [0, 0.1) is 0 Å². The predicted molar refractivity (Wildman–Crippen MR) is 107 cm³/mol. The van der Waals surface area contributed by atoms with Crippen LogP contribution in [0.4, 0.5) is 4.79 Å². The number of piperazine rings is 1. The van der Waals surface area contributed by atoms with Crippen LogP contribution in [0.15, 0.2) is 24.3 Å². The van der Waals surface area contributed by atoms with Crippen LogP contribution in [0.1, 0.15) is 45.7 Å². The summed E-state index contributed by atoms with van der Waals surface area (Å²) < 4.78 is 5.46. The molecule has 0 bridgehead atoms. The molecule has 1 atom stereocenters. The van der Waals surface area contributed by atoms with Gasteiger partial charge in [-0.25, -0.2) is 4.79 Å². The van der Waals surface area contributed by atoms with Crippen molar-refractivity contribution in [1.82, 2.24) is 9.80 Å². The number of carbonyl (C=O) groups excluding carboxylic acids is 1. The Morgan fingerprint density at radius 1 is 1.03 bits per heavy atom. The molecule has 1 aliphatic heterocycles. The first-order valence-corrected chi connectivity index (χ1v) is 9.63. The maximum atomic E-state index is 12.3. The van der Waals surface area contributed by atoms with E-state index < -0.39 is 23.0 Å². The number of benzene rings is 1. The Morgan fingerprint density at radius 3 is 2.03 bits per heavy atom. The average Bonchev–Trinajstić information content (AvgIpc) is 2.59. The first-order valence-electron chi connectivity index (χ1n) is 9.63. The summed E-state index contributed by atoms with van der Waals surface area (Å²) in [6, 6.07) is 6.62. The van der Waals surface area contributed by atoms with Gasteiger partial charge >= 0.3 is 18.0 Å². The number of hydrogen-bond donors (Lipinski definition) is 2. The van der Waals surface area contributed by atoms with Crippen LogP contribution < -0.4 is 0 Å². The predicted octanol–water partition coefficient (Wildman–Crippen LogP) is 2.55. The Morgan fingerprint density at radius 2 is 1.59 bits per heavy atom. The molecule has 0 saturated carbocycles. The van der Waals surface area contributed by atoms with E-state index in [1.165, 1.54) is 6.92 Å². The third-order valence-electron chi connectivity index (χ3n) is 5.13. The minimum absolute atomic E-state index is 0.000172. The van der Waals surface area contributed by atoms with Gasteiger partial charge in [-0.3, -0.25) is 14.5 Å². The number of carbonyl (C=O) groups is 3. The van der Waals surface area contributed by atoms with E-state index in [1.54, 1.807) is 29.2 Å². The van der Waals surface area contributed by atoms with E-state index in [1.807, 2.05) is 27.7 Å². The standard InChI is InChI=1S/C21H30N2O6/c1-14-12-22(10-11-23(14)19(28)29-20(2,3)4)13-15-6-8-16(9-7-15)21(5,17(24)25)18(26)27/h6-9,14H,10-13H2,1-5H3,(H,24,25)(H,26,27)/t14-/m0/s1. The Labute approximate surface area is 171 Å². The van der Waals surface area contributed by atoms with Gasteiger partial charge in [0.25, 0.3) is 0 Å². The van der Waals surface area contributed by atoms with Crippen molar-refractivity contribution in [2.45, 2.75) is 58.2 Å². The molecule has 0 aromatic heterocycles.